The summed E-state index contributed by atoms with van der Waals surface area (Å²) < 4.78 is 10.6. The normalized spacial score (nSPS) is 22.0. The molecule has 0 bridgehead atoms. The lowest BCUT2D eigenvalue weighted by Crippen LogP contribution is -2.48. The lowest BCUT2D eigenvalue weighted by atomic mass is 9.77. The van der Waals surface area contributed by atoms with E-state index in [1.165, 1.54) is 0 Å². The summed E-state index contributed by atoms with van der Waals surface area (Å²) in [7, 11) is 1.68. The van der Waals surface area contributed by atoms with Gasteiger partial charge in [-0.25, -0.2) is 4.98 Å². The third-order valence-corrected chi connectivity index (χ3v) is 5.52. The van der Waals surface area contributed by atoms with Crippen molar-refractivity contribution < 1.29 is 14.3 Å². The van der Waals surface area contributed by atoms with Crippen LogP contribution in [0.25, 0.3) is 0 Å². The van der Waals surface area contributed by atoms with E-state index in [2.05, 4.69) is 24.1 Å². The molecule has 5 nitrogen and oxygen atoms in total. The van der Waals surface area contributed by atoms with Gasteiger partial charge < -0.3 is 9.47 Å². The minimum Gasteiger partial charge on any atom is -0.466 e. The molecule has 0 unspecified atom stereocenters. The predicted octanol–water partition coefficient (Wildman–Crippen LogP) is 3.45. The zero-order chi connectivity index (χ0) is 17.6. The second-order valence-corrected chi connectivity index (χ2v) is 7.82. The summed E-state index contributed by atoms with van der Waals surface area (Å²) in [6, 6.07) is 0. The van der Waals surface area contributed by atoms with E-state index in [1.54, 1.807) is 18.4 Å². The van der Waals surface area contributed by atoms with Crippen LogP contribution in [0.4, 0.5) is 0 Å². The first-order chi connectivity index (χ1) is 11.5. The topological polar surface area (TPSA) is 51.7 Å². The standard InChI is InChI=1S/C18H30N2O3S/c1-5-23-17(21)18(8-10-22-4)7-6-9-20(13-18)11-16-19-15(12-24-16)14(2)3/h12,14H,5-11,13H2,1-4H3/t18-/m0/s1. The monoisotopic (exact) mass is 354 g/mol. The summed E-state index contributed by atoms with van der Waals surface area (Å²) in [5.41, 5.74) is 0.714. The largest absolute Gasteiger partial charge is 0.466 e. The molecule has 2 heterocycles. The van der Waals surface area contributed by atoms with E-state index in [-0.39, 0.29) is 5.97 Å². The van der Waals surface area contributed by atoms with Gasteiger partial charge in [0, 0.05) is 25.6 Å². The van der Waals surface area contributed by atoms with E-state index in [0.717, 1.165) is 43.2 Å². The Kier molecular flexibility index (Phi) is 7.19. The molecular weight excluding hydrogens is 324 g/mol. The summed E-state index contributed by atoms with van der Waals surface area (Å²) in [5.74, 6) is 0.380. The third-order valence-electron chi connectivity index (χ3n) is 4.67. The number of aromatic nitrogens is 1. The minimum absolute atomic E-state index is 0.0752. The number of methoxy groups -OCH3 is 1. The van der Waals surface area contributed by atoms with E-state index in [4.69, 9.17) is 14.5 Å². The molecule has 1 aromatic rings. The van der Waals surface area contributed by atoms with Crippen molar-refractivity contribution in [1.82, 2.24) is 9.88 Å². The van der Waals surface area contributed by atoms with Gasteiger partial charge in [-0.3, -0.25) is 9.69 Å². The Morgan fingerprint density at radius 2 is 2.29 bits per heavy atom. The van der Waals surface area contributed by atoms with Crippen LogP contribution in [0.5, 0.6) is 0 Å². The molecule has 0 aromatic carbocycles. The van der Waals surface area contributed by atoms with Crippen molar-refractivity contribution in [1.29, 1.82) is 0 Å². The molecule has 0 N–H and O–H groups in total. The van der Waals surface area contributed by atoms with Gasteiger partial charge in [-0.05, 0) is 38.6 Å². The molecule has 0 amide bonds. The van der Waals surface area contributed by atoms with E-state index >= 15 is 0 Å². The molecule has 1 atom stereocenters. The maximum absolute atomic E-state index is 12.6. The number of hydrogen-bond donors (Lipinski definition) is 0. The number of piperidine rings is 1. The first-order valence-corrected chi connectivity index (χ1v) is 9.71. The van der Waals surface area contributed by atoms with E-state index < -0.39 is 5.41 Å². The summed E-state index contributed by atoms with van der Waals surface area (Å²) >= 11 is 1.71. The van der Waals surface area contributed by atoms with Crippen LogP contribution in [0.15, 0.2) is 5.38 Å². The summed E-state index contributed by atoms with van der Waals surface area (Å²) in [6.45, 7) is 9.75. The minimum atomic E-state index is -0.442. The molecule has 0 spiro atoms. The number of ether oxygens (including phenoxy) is 2. The zero-order valence-electron chi connectivity index (χ0n) is 15.3. The Morgan fingerprint density at radius 3 is 2.92 bits per heavy atom. The lowest BCUT2D eigenvalue weighted by molar-refractivity contribution is -0.160. The fourth-order valence-electron chi connectivity index (χ4n) is 3.27. The van der Waals surface area contributed by atoms with E-state index in [1.807, 2.05) is 6.92 Å². The fourth-order valence-corrected chi connectivity index (χ4v) is 4.27. The molecule has 2 rings (SSSR count). The Balaban J connectivity index is 2.07. The summed E-state index contributed by atoms with van der Waals surface area (Å²) in [6.07, 6.45) is 2.60. The molecule has 136 valence electrons. The van der Waals surface area contributed by atoms with E-state index in [9.17, 15) is 4.79 Å². The van der Waals surface area contributed by atoms with Crippen LogP contribution in [0, 0.1) is 5.41 Å². The van der Waals surface area contributed by atoms with Crippen molar-refractivity contribution in [2.24, 2.45) is 5.41 Å². The number of carbonyl (C=O) groups excluding carboxylic acids is 1. The van der Waals surface area contributed by atoms with Crippen molar-refractivity contribution >= 4 is 17.3 Å². The van der Waals surface area contributed by atoms with Crippen LogP contribution in [0.1, 0.15) is 56.7 Å². The highest BCUT2D eigenvalue weighted by Gasteiger charge is 2.43. The lowest BCUT2D eigenvalue weighted by Gasteiger charge is -2.40. The molecule has 0 saturated carbocycles. The summed E-state index contributed by atoms with van der Waals surface area (Å²) in [5, 5.41) is 3.28. The Morgan fingerprint density at radius 1 is 1.50 bits per heavy atom. The molecular formula is C18H30N2O3S. The van der Waals surface area contributed by atoms with Crippen molar-refractivity contribution in [3.05, 3.63) is 16.1 Å². The smallest absolute Gasteiger partial charge is 0.313 e. The Labute approximate surface area is 149 Å². The molecule has 1 fully saturated rings. The predicted molar refractivity (Wildman–Crippen MR) is 96.3 cm³/mol. The average molecular weight is 355 g/mol. The Hall–Kier alpha value is -0.980. The molecule has 1 aliphatic rings. The molecule has 1 aromatic heterocycles. The van der Waals surface area contributed by atoms with Crippen molar-refractivity contribution in [3.8, 4) is 0 Å². The zero-order valence-corrected chi connectivity index (χ0v) is 16.2. The highest BCUT2D eigenvalue weighted by molar-refractivity contribution is 7.09. The highest BCUT2D eigenvalue weighted by Crippen LogP contribution is 2.36. The third kappa shape index (κ3) is 4.77. The van der Waals surface area contributed by atoms with E-state index in [0.29, 0.717) is 25.6 Å². The molecule has 24 heavy (non-hydrogen) atoms. The van der Waals surface area contributed by atoms with Crippen LogP contribution < -0.4 is 0 Å². The summed E-state index contributed by atoms with van der Waals surface area (Å²) in [4.78, 5) is 19.7. The highest BCUT2D eigenvalue weighted by atomic mass is 32.1. The molecule has 1 saturated heterocycles. The Bertz CT molecular complexity index is 532. The molecule has 1 aliphatic heterocycles. The van der Waals surface area contributed by atoms with Crippen molar-refractivity contribution in [2.75, 3.05) is 33.4 Å². The maximum Gasteiger partial charge on any atom is 0.313 e. The number of rotatable bonds is 8. The molecule has 6 heteroatoms. The van der Waals surface area contributed by atoms with Gasteiger partial charge >= 0.3 is 5.97 Å². The van der Waals surface area contributed by atoms with Gasteiger partial charge in [0.25, 0.3) is 0 Å². The number of hydrogen-bond acceptors (Lipinski definition) is 6. The van der Waals surface area contributed by atoms with Gasteiger partial charge in [-0.2, -0.15) is 0 Å². The average Bonchev–Trinajstić information content (AvgIpc) is 3.02. The number of thiazole rings is 1. The quantitative estimate of drug-likeness (QED) is 0.669. The number of esters is 1. The molecule has 0 aliphatic carbocycles. The van der Waals surface area contributed by atoms with Gasteiger partial charge in [0.2, 0.25) is 0 Å². The number of likely N-dealkylation sites (tertiary alicyclic amines) is 1. The van der Waals surface area contributed by atoms with Gasteiger partial charge in [0.15, 0.2) is 0 Å². The van der Waals surface area contributed by atoms with Crippen LogP contribution in [0.3, 0.4) is 0 Å². The van der Waals surface area contributed by atoms with Crippen molar-refractivity contribution in [3.63, 3.8) is 0 Å². The first kappa shape index (κ1) is 19.3. The maximum atomic E-state index is 12.6. The number of nitrogens with zero attached hydrogens (tertiary/aromatic N) is 2. The van der Waals surface area contributed by atoms with Gasteiger partial charge in [0.05, 0.1) is 24.3 Å². The van der Waals surface area contributed by atoms with Crippen LogP contribution in [0.2, 0.25) is 0 Å². The fraction of sp³-hybridized carbons (Fsp3) is 0.778. The first-order valence-electron chi connectivity index (χ1n) is 8.83. The second kappa shape index (κ2) is 8.92. The van der Waals surface area contributed by atoms with Gasteiger partial charge in [-0.15, -0.1) is 11.3 Å². The van der Waals surface area contributed by atoms with Crippen LogP contribution in [-0.4, -0.2) is 49.3 Å². The SMILES string of the molecule is CCOC(=O)[C@]1(CCOC)CCCN(Cc2nc(C(C)C)cs2)C1. The second-order valence-electron chi connectivity index (χ2n) is 6.88. The van der Waals surface area contributed by atoms with Crippen LogP contribution in [-0.2, 0) is 20.8 Å². The van der Waals surface area contributed by atoms with Crippen molar-refractivity contribution in [2.45, 2.75) is 52.5 Å². The van der Waals surface area contributed by atoms with Gasteiger partial charge in [0.1, 0.15) is 5.01 Å². The number of carbonyl (C=O) groups is 1. The van der Waals surface area contributed by atoms with Crippen LogP contribution >= 0.6 is 11.3 Å². The van der Waals surface area contributed by atoms with Gasteiger partial charge in [-0.1, -0.05) is 13.8 Å². The molecule has 0 radical (unpaired) electrons.